The van der Waals surface area contributed by atoms with E-state index in [2.05, 4.69) is 15.5 Å². The van der Waals surface area contributed by atoms with E-state index in [0.717, 1.165) is 40.4 Å². The number of fused-ring (bicyclic) bond motifs is 1. The minimum Gasteiger partial charge on any atom is -0.405 e. The first kappa shape index (κ1) is 27.1. The fourth-order valence-electron chi connectivity index (χ4n) is 5.12. The topological polar surface area (TPSA) is 145 Å². The summed E-state index contributed by atoms with van der Waals surface area (Å²) < 4.78 is 17.0. The Morgan fingerprint density at radius 3 is 2.56 bits per heavy atom. The summed E-state index contributed by atoms with van der Waals surface area (Å²) in [6.45, 7) is 2.48. The molecule has 2 aromatic carbocycles. The molecule has 1 saturated heterocycles. The number of carbonyl (C=O) groups excluding carboxylic acids is 1. The standard InChI is InChI=1S/C29H31N7O4S/c1-38-29(12-7-13-29)27-34-22(26(41-27)36-14-16-39-17-15-36)23(30)40-28(31)35-24-25(37)32-20-11-6-5-10-19(20)21(33-24)18-8-3-2-4-9-18/h2-6,8-11,24,30H,7,12-17H2,1H3,(H2,31,35)(H,32,37)/t24-/m1/s1. The number of hydrogen-bond donors (Lipinski definition) is 4. The van der Waals surface area contributed by atoms with Crippen LogP contribution in [-0.4, -0.2) is 68.1 Å². The van der Waals surface area contributed by atoms with Crippen molar-refractivity contribution in [2.45, 2.75) is 31.0 Å². The van der Waals surface area contributed by atoms with Gasteiger partial charge in [0, 0.05) is 31.3 Å². The maximum Gasteiger partial charge on any atom is 0.290 e. The summed E-state index contributed by atoms with van der Waals surface area (Å²) in [4.78, 5) is 24.8. The van der Waals surface area contributed by atoms with Gasteiger partial charge in [-0.3, -0.25) is 15.6 Å². The highest BCUT2D eigenvalue weighted by molar-refractivity contribution is 7.16. The number of nitrogens with one attached hydrogen (secondary N) is 4. The zero-order chi connectivity index (χ0) is 28.4. The number of hydrogen-bond acceptors (Lipinski definition) is 10. The summed E-state index contributed by atoms with van der Waals surface area (Å²) in [5.41, 5.74) is 2.71. The average molecular weight is 574 g/mol. The maximum absolute atomic E-state index is 13.2. The van der Waals surface area contributed by atoms with Crippen molar-refractivity contribution >= 4 is 45.6 Å². The molecule has 1 aromatic heterocycles. The number of aromatic nitrogens is 1. The van der Waals surface area contributed by atoms with Gasteiger partial charge in [0.25, 0.3) is 11.9 Å². The number of aliphatic imine (C=N–C) groups is 1. The lowest BCUT2D eigenvalue weighted by Gasteiger charge is -2.38. The number of benzene rings is 2. The number of thiazole rings is 1. The molecule has 12 heteroatoms. The van der Waals surface area contributed by atoms with Crippen molar-refractivity contribution in [2.24, 2.45) is 4.99 Å². The van der Waals surface area contributed by atoms with Gasteiger partial charge in [-0.25, -0.2) is 9.98 Å². The largest absolute Gasteiger partial charge is 0.405 e. The first-order valence-electron chi connectivity index (χ1n) is 13.5. The van der Waals surface area contributed by atoms with Crippen LogP contribution < -0.4 is 15.5 Å². The van der Waals surface area contributed by atoms with Crippen molar-refractivity contribution in [2.75, 3.05) is 43.6 Å². The van der Waals surface area contributed by atoms with E-state index < -0.39 is 23.7 Å². The Morgan fingerprint density at radius 1 is 1.12 bits per heavy atom. The summed E-state index contributed by atoms with van der Waals surface area (Å²) in [5, 5.41) is 24.5. The molecule has 2 aliphatic heterocycles. The molecule has 41 heavy (non-hydrogen) atoms. The number of ether oxygens (including phenoxy) is 3. The third kappa shape index (κ3) is 5.33. The Kier molecular flexibility index (Phi) is 7.52. The Labute approximate surface area is 241 Å². The van der Waals surface area contributed by atoms with Crippen molar-refractivity contribution in [1.29, 1.82) is 10.8 Å². The highest BCUT2D eigenvalue weighted by Gasteiger charge is 2.43. The summed E-state index contributed by atoms with van der Waals surface area (Å²) in [5.74, 6) is -0.734. The van der Waals surface area contributed by atoms with Crippen molar-refractivity contribution < 1.29 is 19.0 Å². The maximum atomic E-state index is 13.2. The normalized spacial score (nSPS) is 19.6. The Hall–Kier alpha value is -4.13. The average Bonchev–Trinajstić information content (AvgIpc) is 3.36. The number of benzodiazepines with no additional fused rings is 1. The highest BCUT2D eigenvalue weighted by atomic mass is 32.1. The molecule has 0 unspecified atom stereocenters. The quantitative estimate of drug-likeness (QED) is 0.260. The minimum atomic E-state index is -1.16. The lowest BCUT2D eigenvalue weighted by molar-refractivity contribution is -0.117. The van der Waals surface area contributed by atoms with Crippen molar-refractivity contribution in [3.05, 3.63) is 76.4 Å². The molecule has 0 spiro atoms. The van der Waals surface area contributed by atoms with Gasteiger partial charge in [0.15, 0.2) is 5.69 Å². The third-order valence-electron chi connectivity index (χ3n) is 7.53. The van der Waals surface area contributed by atoms with Gasteiger partial charge in [0.2, 0.25) is 12.1 Å². The van der Waals surface area contributed by atoms with Gasteiger partial charge in [-0.15, -0.1) is 0 Å². The predicted octanol–water partition coefficient (Wildman–Crippen LogP) is 3.69. The number of morpholine rings is 1. The molecular formula is C29H31N7O4S. The molecule has 1 amide bonds. The van der Waals surface area contributed by atoms with Crippen molar-refractivity contribution in [3.8, 4) is 0 Å². The van der Waals surface area contributed by atoms with Gasteiger partial charge in [0.05, 0.1) is 24.6 Å². The van der Waals surface area contributed by atoms with E-state index in [1.54, 1.807) is 7.11 Å². The zero-order valence-corrected chi connectivity index (χ0v) is 23.4. The number of amides is 1. The lowest BCUT2D eigenvalue weighted by atomic mass is 9.80. The summed E-state index contributed by atoms with van der Waals surface area (Å²) in [6, 6.07) is 16.5. The number of para-hydroxylation sites is 1. The molecule has 2 fully saturated rings. The second kappa shape index (κ2) is 11.4. The van der Waals surface area contributed by atoms with E-state index in [1.165, 1.54) is 11.3 Å². The van der Waals surface area contributed by atoms with E-state index in [4.69, 9.17) is 35.0 Å². The van der Waals surface area contributed by atoms with Crippen LogP contribution in [-0.2, 0) is 24.6 Å². The lowest BCUT2D eigenvalue weighted by Crippen LogP contribution is -2.43. The molecule has 0 radical (unpaired) electrons. The van der Waals surface area contributed by atoms with E-state index >= 15 is 0 Å². The number of nitrogens with zero attached hydrogens (tertiary/aromatic N) is 3. The SMILES string of the molecule is COC1(c2nc(C(=N)OC(=N)N[C@H]3N=C(c4ccccc4)c4ccccc4NC3=O)c(N3CCOCC3)s2)CCC1. The van der Waals surface area contributed by atoms with E-state index in [-0.39, 0.29) is 5.90 Å². The van der Waals surface area contributed by atoms with Gasteiger partial charge in [0.1, 0.15) is 15.6 Å². The molecule has 3 heterocycles. The minimum absolute atomic E-state index is 0.290. The summed E-state index contributed by atoms with van der Waals surface area (Å²) in [7, 11) is 1.69. The number of methoxy groups -OCH3 is 1. The van der Waals surface area contributed by atoms with E-state index in [9.17, 15) is 4.79 Å². The third-order valence-corrected chi connectivity index (χ3v) is 8.83. The number of carbonyl (C=O) groups is 1. The first-order chi connectivity index (χ1) is 20.0. The molecule has 4 N–H and O–H groups in total. The van der Waals surface area contributed by atoms with Crippen LogP contribution in [0.1, 0.15) is 41.1 Å². The summed E-state index contributed by atoms with van der Waals surface area (Å²) >= 11 is 1.50. The van der Waals surface area contributed by atoms with Crippen LogP contribution in [0.3, 0.4) is 0 Å². The monoisotopic (exact) mass is 573 g/mol. The molecule has 11 nitrogen and oxygen atoms in total. The van der Waals surface area contributed by atoms with Gasteiger partial charge in [-0.2, -0.15) is 0 Å². The highest BCUT2D eigenvalue weighted by Crippen LogP contribution is 2.48. The number of amidine groups is 1. The van der Waals surface area contributed by atoms with Gasteiger partial charge in [-0.1, -0.05) is 59.9 Å². The Bertz CT molecular complexity index is 1490. The molecule has 1 atom stereocenters. The molecule has 3 aromatic rings. The number of anilines is 2. The van der Waals surface area contributed by atoms with Gasteiger partial charge in [-0.05, 0) is 25.3 Å². The van der Waals surface area contributed by atoms with Gasteiger partial charge < -0.3 is 29.7 Å². The van der Waals surface area contributed by atoms with E-state index in [0.29, 0.717) is 43.4 Å². The second-order valence-electron chi connectivity index (χ2n) is 10.0. The first-order valence-corrected chi connectivity index (χ1v) is 14.3. The second-order valence-corrected chi connectivity index (χ2v) is 11.0. The molecule has 6 rings (SSSR count). The predicted molar refractivity (Wildman–Crippen MR) is 157 cm³/mol. The van der Waals surface area contributed by atoms with Crippen LogP contribution in [0.25, 0.3) is 0 Å². The molecule has 1 saturated carbocycles. The van der Waals surface area contributed by atoms with Crippen LogP contribution in [0.4, 0.5) is 10.7 Å². The smallest absolute Gasteiger partial charge is 0.290 e. The molecule has 3 aliphatic rings. The fraction of sp³-hybridized carbons (Fsp3) is 0.345. The van der Waals surface area contributed by atoms with Crippen LogP contribution in [0.5, 0.6) is 0 Å². The zero-order valence-electron chi connectivity index (χ0n) is 22.6. The van der Waals surface area contributed by atoms with Crippen LogP contribution in [0.15, 0.2) is 59.6 Å². The van der Waals surface area contributed by atoms with Crippen molar-refractivity contribution in [1.82, 2.24) is 10.3 Å². The Balaban J connectivity index is 1.25. The van der Waals surface area contributed by atoms with Crippen LogP contribution >= 0.6 is 11.3 Å². The van der Waals surface area contributed by atoms with E-state index in [1.807, 2.05) is 54.6 Å². The molecule has 1 aliphatic carbocycles. The molecule has 0 bridgehead atoms. The Morgan fingerprint density at radius 2 is 1.85 bits per heavy atom. The van der Waals surface area contributed by atoms with Crippen LogP contribution in [0.2, 0.25) is 0 Å². The fourth-order valence-corrected chi connectivity index (χ4v) is 6.46. The van der Waals surface area contributed by atoms with Gasteiger partial charge >= 0.3 is 0 Å². The summed E-state index contributed by atoms with van der Waals surface area (Å²) in [6.07, 6.45) is 1.63. The number of rotatable bonds is 6. The molecule has 212 valence electrons. The molecular weight excluding hydrogens is 542 g/mol. The van der Waals surface area contributed by atoms with Crippen LogP contribution in [0, 0.1) is 10.8 Å². The van der Waals surface area contributed by atoms with Crippen molar-refractivity contribution in [3.63, 3.8) is 0 Å².